The van der Waals surface area contributed by atoms with Gasteiger partial charge in [0.05, 0.1) is 0 Å². The van der Waals surface area contributed by atoms with Gasteiger partial charge in [-0.15, -0.1) is 0 Å². The van der Waals surface area contributed by atoms with E-state index in [9.17, 15) is 14.4 Å². The summed E-state index contributed by atoms with van der Waals surface area (Å²) in [6.07, 6.45) is 64.6. The van der Waals surface area contributed by atoms with Crippen LogP contribution in [-0.4, -0.2) is 37.2 Å². The van der Waals surface area contributed by atoms with Gasteiger partial charge in [0, 0.05) is 19.3 Å². The van der Waals surface area contributed by atoms with E-state index >= 15 is 0 Å². The second-order valence-corrected chi connectivity index (χ2v) is 19.9. The van der Waals surface area contributed by atoms with Crippen molar-refractivity contribution in [2.75, 3.05) is 13.2 Å². The molecule has 0 N–H and O–H groups in total. The first-order chi connectivity index (χ1) is 32.5. The summed E-state index contributed by atoms with van der Waals surface area (Å²) >= 11 is 0. The van der Waals surface area contributed by atoms with Crippen molar-refractivity contribution in [1.29, 1.82) is 0 Å². The van der Waals surface area contributed by atoms with E-state index in [-0.39, 0.29) is 31.1 Å². The lowest BCUT2D eigenvalue weighted by molar-refractivity contribution is -0.167. The fourth-order valence-corrected chi connectivity index (χ4v) is 8.77. The lowest BCUT2D eigenvalue weighted by atomic mass is 10.0. The van der Waals surface area contributed by atoms with Crippen molar-refractivity contribution >= 4 is 17.9 Å². The molecular formula is C60H112O6. The third kappa shape index (κ3) is 52.9. The number of ether oxygens (including phenoxy) is 3. The Morgan fingerprint density at radius 3 is 0.864 bits per heavy atom. The van der Waals surface area contributed by atoms with E-state index in [2.05, 4.69) is 45.1 Å². The molecule has 388 valence electrons. The molecule has 0 aromatic heterocycles. The summed E-state index contributed by atoms with van der Waals surface area (Å²) in [7, 11) is 0. The van der Waals surface area contributed by atoms with Crippen molar-refractivity contribution in [3.8, 4) is 0 Å². The van der Waals surface area contributed by atoms with E-state index in [0.29, 0.717) is 19.3 Å². The Kier molecular flexibility index (Phi) is 53.7. The van der Waals surface area contributed by atoms with Gasteiger partial charge in [0.25, 0.3) is 0 Å². The average Bonchev–Trinajstić information content (AvgIpc) is 3.31. The van der Waals surface area contributed by atoms with Crippen molar-refractivity contribution in [1.82, 2.24) is 0 Å². The number of unbranched alkanes of at least 4 members (excludes halogenated alkanes) is 39. The third-order valence-corrected chi connectivity index (χ3v) is 13.2. The highest BCUT2D eigenvalue weighted by Gasteiger charge is 2.19. The largest absolute Gasteiger partial charge is 0.462 e. The standard InChI is InChI=1S/C60H112O6/c1-4-7-10-13-16-19-22-24-26-28-30-32-34-36-38-41-44-47-50-53-59(62)65-56-57(55-64-58(61)52-49-46-43-40-21-18-15-12-9-6-3)66-60(63)54-51-48-45-42-39-37-35-33-31-29-27-25-23-20-17-14-11-8-5-2/h16,19,24,26,57H,4-15,17-18,20-23,25,27-56H2,1-3H3/b19-16-,26-24-. The van der Waals surface area contributed by atoms with E-state index in [1.807, 2.05) is 0 Å². The zero-order valence-electron chi connectivity index (χ0n) is 44.5. The van der Waals surface area contributed by atoms with Gasteiger partial charge in [-0.1, -0.05) is 276 Å². The van der Waals surface area contributed by atoms with Crippen LogP contribution in [0, 0.1) is 0 Å². The molecule has 0 bridgehead atoms. The number of esters is 3. The average molecular weight is 930 g/mol. The lowest BCUT2D eigenvalue weighted by Crippen LogP contribution is -2.30. The molecule has 0 aliphatic heterocycles. The van der Waals surface area contributed by atoms with Crippen LogP contribution in [0.15, 0.2) is 24.3 Å². The van der Waals surface area contributed by atoms with Crippen molar-refractivity contribution in [2.24, 2.45) is 0 Å². The van der Waals surface area contributed by atoms with Crippen molar-refractivity contribution < 1.29 is 28.6 Å². The number of hydrogen-bond donors (Lipinski definition) is 0. The van der Waals surface area contributed by atoms with Crippen LogP contribution in [0.2, 0.25) is 0 Å². The highest BCUT2D eigenvalue weighted by molar-refractivity contribution is 5.71. The van der Waals surface area contributed by atoms with Gasteiger partial charge in [-0.05, 0) is 51.4 Å². The Labute approximate surface area is 411 Å². The molecule has 1 unspecified atom stereocenters. The molecule has 0 heterocycles. The predicted octanol–water partition coefficient (Wildman–Crippen LogP) is 19.5. The highest BCUT2D eigenvalue weighted by atomic mass is 16.6. The number of hydrogen-bond acceptors (Lipinski definition) is 6. The lowest BCUT2D eigenvalue weighted by Gasteiger charge is -2.18. The van der Waals surface area contributed by atoms with E-state index in [0.717, 1.165) is 64.2 Å². The maximum atomic E-state index is 12.8. The number of carbonyl (C=O) groups excluding carboxylic acids is 3. The fourth-order valence-electron chi connectivity index (χ4n) is 8.77. The van der Waals surface area contributed by atoms with Gasteiger partial charge in [0.2, 0.25) is 0 Å². The van der Waals surface area contributed by atoms with Gasteiger partial charge in [0.15, 0.2) is 6.10 Å². The molecule has 0 fully saturated rings. The van der Waals surface area contributed by atoms with Gasteiger partial charge < -0.3 is 14.2 Å². The Morgan fingerprint density at radius 2 is 0.545 bits per heavy atom. The normalized spacial score (nSPS) is 12.1. The number of allylic oxidation sites excluding steroid dienone is 4. The van der Waals surface area contributed by atoms with E-state index in [4.69, 9.17) is 14.2 Å². The molecule has 6 heteroatoms. The summed E-state index contributed by atoms with van der Waals surface area (Å²) in [4.78, 5) is 38.1. The predicted molar refractivity (Wildman–Crippen MR) is 284 cm³/mol. The molecule has 0 amide bonds. The molecule has 0 aliphatic carbocycles. The highest BCUT2D eigenvalue weighted by Crippen LogP contribution is 2.17. The Morgan fingerprint density at radius 1 is 0.303 bits per heavy atom. The van der Waals surface area contributed by atoms with Gasteiger partial charge in [-0.3, -0.25) is 14.4 Å². The zero-order valence-corrected chi connectivity index (χ0v) is 44.5. The van der Waals surface area contributed by atoms with Gasteiger partial charge in [-0.2, -0.15) is 0 Å². The van der Waals surface area contributed by atoms with Crippen LogP contribution in [0.4, 0.5) is 0 Å². The van der Waals surface area contributed by atoms with Gasteiger partial charge in [0.1, 0.15) is 13.2 Å². The quantitative estimate of drug-likeness (QED) is 0.0262. The monoisotopic (exact) mass is 929 g/mol. The van der Waals surface area contributed by atoms with Crippen molar-refractivity contribution in [3.05, 3.63) is 24.3 Å². The first kappa shape index (κ1) is 63.9. The Bertz CT molecular complexity index is 1070. The minimum absolute atomic E-state index is 0.0671. The van der Waals surface area contributed by atoms with Crippen LogP contribution in [0.3, 0.4) is 0 Å². The Hall–Kier alpha value is -2.11. The zero-order chi connectivity index (χ0) is 47.9. The van der Waals surface area contributed by atoms with Crippen molar-refractivity contribution in [2.45, 2.75) is 329 Å². The second kappa shape index (κ2) is 55.5. The number of rotatable bonds is 54. The summed E-state index contributed by atoms with van der Waals surface area (Å²) in [5.74, 6) is -0.851. The molecular weight excluding hydrogens is 817 g/mol. The minimum Gasteiger partial charge on any atom is -0.462 e. The van der Waals surface area contributed by atoms with Crippen LogP contribution in [-0.2, 0) is 28.6 Å². The molecule has 0 aromatic rings. The minimum atomic E-state index is -0.767. The van der Waals surface area contributed by atoms with E-state index in [1.54, 1.807) is 0 Å². The molecule has 0 saturated carbocycles. The maximum Gasteiger partial charge on any atom is 0.306 e. The first-order valence-corrected chi connectivity index (χ1v) is 29.3. The summed E-state index contributed by atoms with van der Waals surface area (Å²) in [6.45, 7) is 6.65. The molecule has 0 aliphatic rings. The van der Waals surface area contributed by atoms with Crippen LogP contribution < -0.4 is 0 Å². The van der Waals surface area contributed by atoms with Crippen LogP contribution >= 0.6 is 0 Å². The molecule has 0 rings (SSSR count). The second-order valence-electron chi connectivity index (χ2n) is 19.9. The van der Waals surface area contributed by atoms with Gasteiger partial charge in [-0.25, -0.2) is 0 Å². The summed E-state index contributed by atoms with van der Waals surface area (Å²) in [6, 6.07) is 0. The molecule has 66 heavy (non-hydrogen) atoms. The fraction of sp³-hybridized carbons (Fsp3) is 0.883. The summed E-state index contributed by atoms with van der Waals surface area (Å²) in [5, 5.41) is 0. The first-order valence-electron chi connectivity index (χ1n) is 29.3. The smallest absolute Gasteiger partial charge is 0.306 e. The topological polar surface area (TPSA) is 78.9 Å². The molecule has 6 nitrogen and oxygen atoms in total. The molecule has 0 spiro atoms. The molecule has 1 atom stereocenters. The summed E-state index contributed by atoms with van der Waals surface area (Å²) in [5.41, 5.74) is 0. The summed E-state index contributed by atoms with van der Waals surface area (Å²) < 4.78 is 16.9. The van der Waals surface area contributed by atoms with Crippen molar-refractivity contribution in [3.63, 3.8) is 0 Å². The SMILES string of the molecule is CCCCC/C=C\C/C=C\CCCCCCCCCCCC(=O)OCC(COC(=O)CCCCCCCCCCCC)OC(=O)CCCCCCCCCCCCCCCCCCCCC. The number of carbonyl (C=O) groups is 3. The Balaban J connectivity index is 4.25. The molecule has 0 radical (unpaired) electrons. The van der Waals surface area contributed by atoms with Gasteiger partial charge >= 0.3 is 17.9 Å². The molecule has 0 saturated heterocycles. The van der Waals surface area contributed by atoms with Crippen LogP contribution in [0.5, 0.6) is 0 Å². The maximum absolute atomic E-state index is 12.8. The van der Waals surface area contributed by atoms with E-state index in [1.165, 1.54) is 218 Å². The van der Waals surface area contributed by atoms with E-state index < -0.39 is 6.10 Å². The molecule has 0 aromatic carbocycles. The van der Waals surface area contributed by atoms with Crippen LogP contribution in [0.1, 0.15) is 323 Å². The third-order valence-electron chi connectivity index (χ3n) is 13.2. The van der Waals surface area contributed by atoms with Crippen LogP contribution in [0.25, 0.3) is 0 Å².